The van der Waals surface area contributed by atoms with Gasteiger partial charge >= 0.3 is 0 Å². The summed E-state index contributed by atoms with van der Waals surface area (Å²) < 4.78 is 10.7. The molecule has 1 atom stereocenters. The van der Waals surface area contributed by atoms with Crippen molar-refractivity contribution < 1.29 is 9.47 Å². The first kappa shape index (κ1) is 14.8. The van der Waals surface area contributed by atoms with E-state index < -0.39 is 0 Å². The molecule has 0 aliphatic carbocycles. The van der Waals surface area contributed by atoms with Crippen molar-refractivity contribution in [1.82, 2.24) is 10.3 Å². The number of hydrogen-bond donors (Lipinski definition) is 1. The van der Waals surface area contributed by atoms with Gasteiger partial charge in [-0.2, -0.15) is 0 Å². The van der Waals surface area contributed by atoms with Gasteiger partial charge in [-0.1, -0.05) is 13.0 Å². The van der Waals surface area contributed by atoms with Crippen LogP contribution in [0.5, 0.6) is 11.5 Å². The van der Waals surface area contributed by atoms with Gasteiger partial charge in [0.25, 0.3) is 0 Å². The summed E-state index contributed by atoms with van der Waals surface area (Å²) in [6.07, 6.45) is 1.08. The van der Waals surface area contributed by atoms with Crippen molar-refractivity contribution in [3.63, 3.8) is 0 Å². The lowest BCUT2D eigenvalue weighted by atomic mass is 10.0. The van der Waals surface area contributed by atoms with E-state index >= 15 is 0 Å². The second-order valence-electron chi connectivity index (χ2n) is 4.41. The summed E-state index contributed by atoms with van der Waals surface area (Å²) in [6.45, 7) is 3.09. The van der Waals surface area contributed by atoms with Crippen molar-refractivity contribution in [2.24, 2.45) is 0 Å². The number of rotatable bonds is 7. The van der Waals surface area contributed by atoms with Crippen LogP contribution in [-0.2, 0) is 0 Å². The Labute approximate surface area is 123 Å². The molecule has 0 saturated heterocycles. The number of thiazole rings is 1. The fourth-order valence-electron chi connectivity index (χ4n) is 2.08. The predicted octanol–water partition coefficient (Wildman–Crippen LogP) is 3.25. The van der Waals surface area contributed by atoms with Crippen LogP contribution in [0.15, 0.2) is 29.1 Å². The Hall–Kier alpha value is -1.59. The van der Waals surface area contributed by atoms with Crippen LogP contribution in [0, 0.1) is 0 Å². The maximum Gasteiger partial charge on any atom is 0.161 e. The van der Waals surface area contributed by atoms with Gasteiger partial charge in [-0.25, -0.2) is 4.98 Å². The lowest BCUT2D eigenvalue weighted by Crippen LogP contribution is -2.23. The zero-order valence-corrected chi connectivity index (χ0v) is 12.9. The van der Waals surface area contributed by atoms with E-state index in [0.29, 0.717) is 0 Å². The predicted molar refractivity (Wildman–Crippen MR) is 81.8 cm³/mol. The minimum atomic E-state index is 0.0843. The minimum Gasteiger partial charge on any atom is -0.493 e. The molecular weight excluding hydrogens is 272 g/mol. The number of methoxy groups -OCH3 is 2. The molecule has 1 unspecified atom stereocenters. The van der Waals surface area contributed by atoms with Gasteiger partial charge in [-0.3, -0.25) is 0 Å². The minimum absolute atomic E-state index is 0.0843. The average molecular weight is 292 g/mol. The van der Waals surface area contributed by atoms with E-state index in [0.717, 1.165) is 35.7 Å². The van der Waals surface area contributed by atoms with Gasteiger partial charge in [0.2, 0.25) is 0 Å². The Morgan fingerprint density at radius 1 is 1.25 bits per heavy atom. The van der Waals surface area contributed by atoms with Crippen molar-refractivity contribution in [3.05, 3.63) is 40.3 Å². The number of hydrogen-bond acceptors (Lipinski definition) is 5. The maximum absolute atomic E-state index is 5.38. The molecule has 0 aliphatic rings. The lowest BCUT2D eigenvalue weighted by molar-refractivity contribution is 0.354. The largest absolute Gasteiger partial charge is 0.493 e. The number of benzene rings is 1. The molecule has 0 fully saturated rings. The summed E-state index contributed by atoms with van der Waals surface area (Å²) in [5.41, 5.74) is 4.02. The Bertz CT molecular complexity index is 529. The molecule has 5 heteroatoms. The molecule has 1 N–H and O–H groups in total. The first-order chi connectivity index (χ1) is 9.80. The van der Waals surface area contributed by atoms with Crippen LogP contribution in [0.2, 0.25) is 0 Å². The molecule has 0 spiro atoms. The molecule has 1 aromatic carbocycles. The molecule has 2 rings (SSSR count). The highest BCUT2D eigenvalue weighted by atomic mass is 32.1. The SMILES string of the molecule is CCCNC(c1ccc(OC)c(OC)c1)c1cscn1. The van der Waals surface area contributed by atoms with Crippen LogP contribution in [0.25, 0.3) is 0 Å². The Kier molecular flexibility index (Phi) is 5.38. The molecule has 108 valence electrons. The van der Waals surface area contributed by atoms with Crippen molar-refractivity contribution >= 4 is 11.3 Å². The lowest BCUT2D eigenvalue weighted by Gasteiger charge is -2.18. The van der Waals surface area contributed by atoms with Crippen LogP contribution < -0.4 is 14.8 Å². The van der Waals surface area contributed by atoms with Crippen molar-refractivity contribution in [1.29, 1.82) is 0 Å². The van der Waals surface area contributed by atoms with Gasteiger partial charge < -0.3 is 14.8 Å². The van der Waals surface area contributed by atoms with Gasteiger partial charge in [0.05, 0.1) is 31.5 Å². The van der Waals surface area contributed by atoms with Gasteiger partial charge in [-0.05, 0) is 30.7 Å². The molecule has 0 bridgehead atoms. The third kappa shape index (κ3) is 3.29. The van der Waals surface area contributed by atoms with Crippen LogP contribution >= 0.6 is 11.3 Å². The highest BCUT2D eigenvalue weighted by Crippen LogP contribution is 2.32. The fraction of sp³-hybridized carbons (Fsp3) is 0.400. The van der Waals surface area contributed by atoms with Gasteiger partial charge in [0.1, 0.15) is 0 Å². The molecule has 1 heterocycles. The first-order valence-electron chi connectivity index (χ1n) is 6.63. The van der Waals surface area contributed by atoms with Gasteiger partial charge in [0.15, 0.2) is 11.5 Å². The maximum atomic E-state index is 5.38. The Morgan fingerprint density at radius 2 is 2.05 bits per heavy atom. The van der Waals surface area contributed by atoms with Gasteiger partial charge in [-0.15, -0.1) is 11.3 Å². The number of ether oxygens (including phenoxy) is 2. The molecule has 4 nitrogen and oxygen atoms in total. The van der Waals surface area contributed by atoms with Gasteiger partial charge in [0, 0.05) is 5.38 Å². The molecular formula is C15H20N2O2S. The zero-order chi connectivity index (χ0) is 14.4. The summed E-state index contributed by atoms with van der Waals surface area (Å²) in [5.74, 6) is 1.48. The van der Waals surface area contributed by atoms with Crippen LogP contribution in [0.1, 0.15) is 30.6 Å². The summed E-state index contributed by atoms with van der Waals surface area (Å²) in [5, 5.41) is 5.60. The van der Waals surface area contributed by atoms with Crippen LogP contribution in [0.4, 0.5) is 0 Å². The first-order valence-corrected chi connectivity index (χ1v) is 7.57. The van der Waals surface area contributed by atoms with Crippen molar-refractivity contribution in [2.45, 2.75) is 19.4 Å². The standard InChI is InChI=1S/C15H20N2O2S/c1-4-7-16-15(12-9-20-10-17-12)11-5-6-13(18-2)14(8-11)19-3/h5-6,8-10,15-16H,4,7H2,1-3H3. The molecule has 0 amide bonds. The summed E-state index contributed by atoms with van der Waals surface area (Å²) in [6, 6.07) is 6.07. The second kappa shape index (κ2) is 7.26. The second-order valence-corrected chi connectivity index (χ2v) is 5.13. The quantitative estimate of drug-likeness (QED) is 0.850. The molecule has 2 aromatic rings. The number of nitrogens with one attached hydrogen (secondary N) is 1. The van der Waals surface area contributed by atoms with Crippen molar-refractivity contribution in [3.8, 4) is 11.5 Å². The Balaban J connectivity index is 2.33. The van der Waals surface area contributed by atoms with E-state index in [1.807, 2.05) is 23.7 Å². The Morgan fingerprint density at radius 3 is 2.65 bits per heavy atom. The average Bonchev–Trinajstić information content (AvgIpc) is 3.01. The van der Waals surface area contributed by atoms with E-state index in [4.69, 9.17) is 9.47 Å². The molecule has 0 radical (unpaired) electrons. The third-order valence-electron chi connectivity index (χ3n) is 3.09. The third-order valence-corrected chi connectivity index (χ3v) is 3.69. The number of nitrogens with zero attached hydrogens (tertiary/aromatic N) is 1. The van der Waals surface area contributed by atoms with Crippen LogP contribution in [0.3, 0.4) is 0 Å². The summed E-state index contributed by atoms with van der Waals surface area (Å²) >= 11 is 1.61. The fourth-order valence-corrected chi connectivity index (χ4v) is 2.66. The van der Waals surface area contributed by atoms with Crippen molar-refractivity contribution in [2.75, 3.05) is 20.8 Å². The molecule has 0 saturated carbocycles. The molecule has 0 aliphatic heterocycles. The summed E-state index contributed by atoms with van der Waals surface area (Å²) in [7, 11) is 3.30. The van der Waals surface area contributed by atoms with E-state index in [9.17, 15) is 0 Å². The smallest absolute Gasteiger partial charge is 0.161 e. The molecule has 20 heavy (non-hydrogen) atoms. The van der Waals surface area contributed by atoms with E-state index in [1.165, 1.54) is 0 Å². The van der Waals surface area contributed by atoms with E-state index in [2.05, 4.69) is 22.6 Å². The monoisotopic (exact) mass is 292 g/mol. The normalized spacial score (nSPS) is 12.2. The molecule has 1 aromatic heterocycles. The highest BCUT2D eigenvalue weighted by Gasteiger charge is 2.17. The summed E-state index contributed by atoms with van der Waals surface area (Å²) in [4.78, 5) is 4.43. The number of aromatic nitrogens is 1. The zero-order valence-electron chi connectivity index (χ0n) is 12.1. The topological polar surface area (TPSA) is 43.4 Å². The van der Waals surface area contributed by atoms with E-state index in [-0.39, 0.29) is 6.04 Å². The van der Waals surface area contributed by atoms with E-state index in [1.54, 1.807) is 25.6 Å². The highest BCUT2D eigenvalue weighted by molar-refractivity contribution is 7.07. The van der Waals surface area contributed by atoms with Crippen LogP contribution in [-0.4, -0.2) is 25.7 Å².